The highest BCUT2D eigenvalue weighted by Crippen LogP contribution is 2.28. The minimum atomic E-state index is -0.802. The highest BCUT2D eigenvalue weighted by Gasteiger charge is 2.16. The van der Waals surface area contributed by atoms with E-state index in [1.165, 1.54) is 6.20 Å². The highest BCUT2D eigenvalue weighted by atomic mass is 19.2. The van der Waals surface area contributed by atoms with Crippen LogP contribution in [0, 0.1) is 11.6 Å². The van der Waals surface area contributed by atoms with Gasteiger partial charge in [-0.2, -0.15) is 5.10 Å². The number of nitrogens with zero attached hydrogens (tertiary/aromatic N) is 2. The summed E-state index contributed by atoms with van der Waals surface area (Å²) in [5.74, 6) is -1.60. The number of rotatable bonds is 2. The Balaban J connectivity index is 2.55. The van der Waals surface area contributed by atoms with Gasteiger partial charge in [-0.05, 0) is 11.5 Å². The van der Waals surface area contributed by atoms with Gasteiger partial charge in [0.1, 0.15) is 0 Å². The van der Waals surface area contributed by atoms with Gasteiger partial charge in [0, 0.05) is 24.4 Å². The van der Waals surface area contributed by atoms with E-state index < -0.39 is 11.6 Å². The van der Waals surface area contributed by atoms with Crippen molar-refractivity contribution in [2.24, 2.45) is 7.05 Å². The number of hydrogen-bond acceptors (Lipinski definition) is 1. The summed E-state index contributed by atoms with van der Waals surface area (Å²) in [6.45, 7) is 3.67. The first kappa shape index (κ1) is 11.8. The van der Waals surface area contributed by atoms with Gasteiger partial charge in [-0.1, -0.05) is 26.0 Å². The summed E-state index contributed by atoms with van der Waals surface area (Å²) in [5.41, 5.74) is 1.23. The van der Waals surface area contributed by atoms with Crippen LogP contribution in [0.15, 0.2) is 24.5 Å². The van der Waals surface area contributed by atoms with Crippen LogP contribution in [-0.4, -0.2) is 9.78 Å². The Morgan fingerprint density at radius 2 is 1.88 bits per heavy atom. The van der Waals surface area contributed by atoms with Gasteiger partial charge < -0.3 is 0 Å². The smallest absolute Gasteiger partial charge is 0.167 e. The zero-order valence-corrected chi connectivity index (χ0v) is 10.0. The lowest BCUT2D eigenvalue weighted by Crippen LogP contribution is -1.98. The number of aromatic nitrogens is 2. The zero-order chi connectivity index (χ0) is 12.6. The lowest BCUT2D eigenvalue weighted by molar-refractivity contribution is 0.496. The topological polar surface area (TPSA) is 17.8 Å². The summed E-state index contributed by atoms with van der Waals surface area (Å²) >= 11 is 0. The van der Waals surface area contributed by atoms with E-state index in [9.17, 15) is 8.78 Å². The lowest BCUT2D eigenvalue weighted by Gasteiger charge is -2.09. The summed E-state index contributed by atoms with van der Waals surface area (Å²) in [6, 6.07) is 3.23. The molecular weight excluding hydrogens is 222 g/mol. The third-order valence-electron chi connectivity index (χ3n) is 2.75. The summed E-state index contributed by atoms with van der Waals surface area (Å²) in [5, 5.41) is 3.95. The van der Waals surface area contributed by atoms with Crippen LogP contribution in [0.2, 0.25) is 0 Å². The van der Waals surface area contributed by atoms with Gasteiger partial charge in [0.2, 0.25) is 0 Å². The van der Waals surface area contributed by atoms with Gasteiger partial charge >= 0.3 is 0 Å². The molecule has 0 N–H and O–H groups in total. The van der Waals surface area contributed by atoms with Crippen LogP contribution >= 0.6 is 0 Å². The Morgan fingerprint density at radius 1 is 1.18 bits per heavy atom. The van der Waals surface area contributed by atoms with Crippen LogP contribution in [-0.2, 0) is 7.05 Å². The second-order valence-electron chi connectivity index (χ2n) is 4.39. The molecular formula is C13H14F2N2. The molecule has 90 valence electrons. The molecule has 0 bridgehead atoms. The van der Waals surface area contributed by atoms with Crippen molar-refractivity contribution < 1.29 is 8.78 Å². The van der Waals surface area contributed by atoms with Crippen molar-refractivity contribution in [1.82, 2.24) is 9.78 Å². The quantitative estimate of drug-likeness (QED) is 0.780. The standard InChI is InChI=1S/C13H14F2N2/c1-8(2)10-4-5-11(13(15)12(10)14)9-6-16-17(3)7-9/h4-8H,1-3H3. The third-order valence-corrected chi connectivity index (χ3v) is 2.75. The van der Waals surface area contributed by atoms with Gasteiger partial charge in [0.15, 0.2) is 11.6 Å². The predicted octanol–water partition coefficient (Wildman–Crippen LogP) is 3.49. The van der Waals surface area contributed by atoms with E-state index >= 15 is 0 Å². The van der Waals surface area contributed by atoms with E-state index in [4.69, 9.17) is 0 Å². The molecule has 0 amide bonds. The molecule has 0 aliphatic heterocycles. The Hall–Kier alpha value is -1.71. The fraction of sp³-hybridized carbons (Fsp3) is 0.308. The van der Waals surface area contributed by atoms with Crippen molar-refractivity contribution in [3.05, 3.63) is 41.7 Å². The minimum Gasteiger partial charge on any atom is -0.275 e. The fourth-order valence-electron chi connectivity index (χ4n) is 1.79. The van der Waals surface area contributed by atoms with Crippen molar-refractivity contribution in [2.75, 3.05) is 0 Å². The highest BCUT2D eigenvalue weighted by molar-refractivity contribution is 5.63. The molecule has 0 saturated carbocycles. The molecule has 0 spiro atoms. The van der Waals surface area contributed by atoms with Gasteiger partial charge in [-0.25, -0.2) is 8.78 Å². The molecule has 1 aromatic carbocycles. The summed E-state index contributed by atoms with van der Waals surface area (Å²) in [4.78, 5) is 0. The van der Waals surface area contributed by atoms with Crippen LogP contribution in [0.1, 0.15) is 25.3 Å². The van der Waals surface area contributed by atoms with E-state index in [1.807, 2.05) is 13.8 Å². The Bertz CT molecular complexity index is 544. The number of benzene rings is 1. The Kier molecular flexibility index (Phi) is 2.96. The van der Waals surface area contributed by atoms with Gasteiger partial charge in [0.05, 0.1) is 6.20 Å². The first-order valence-electron chi connectivity index (χ1n) is 5.47. The lowest BCUT2D eigenvalue weighted by atomic mass is 9.98. The summed E-state index contributed by atoms with van der Waals surface area (Å²) < 4.78 is 29.3. The van der Waals surface area contributed by atoms with Crippen LogP contribution in [0.3, 0.4) is 0 Å². The average molecular weight is 236 g/mol. The Labute approximate surface area is 98.9 Å². The molecule has 0 aliphatic carbocycles. The first-order chi connectivity index (χ1) is 8.00. The molecule has 2 nitrogen and oxygen atoms in total. The third kappa shape index (κ3) is 2.07. The van der Waals surface area contributed by atoms with E-state index in [2.05, 4.69) is 5.10 Å². The second-order valence-corrected chi connectivity index (χ2v) is 4.39. The van der Waals surface area contributed by atoms with Crippen LogP contribution in [0.25, 0.3) is 11.1 Å². The molecule has 2 aromatic rings. The van der Waals surface area contributed by atoms with E-state index in [0.29, 0.717) is 11.1 Å². The molecule has 2 rings (SSSR count). The molecule has 0 fully saturated rings. The van der Waals surface area contributed by atoms with Crippen molar-refractivity contribution >= 4 is 0 Å². The van der Waals surface area contributed by atoms with Crippen molar-refractivity contribution in [1.29, 1.82) is 0 Å². The minimum absolute atomic E-state index is 0.0348. The van der Waals surface area contributed by atoms with E-state index in [-0.39, 0.29) is 11.5 Å². The molecule has 4 heteroatoms. The van der Waals surface area contributed by atoms with Crippen molar-refractivity contribution in [3.8, 4) is 11.1 Å². The van der Waals surface area contributed by atoms with E-state index in [0.717, 1.165) is 0 Å². The number of aryl methyl sites for hydroxylation is 1. The molecule has 0 aliphatic rings. The number of halogens is 2. The number of hydrogen-bond donors (Lipinski definition) is 0. The SMILES string of the molecule is CC(C)c1ccc(-c2cnn(C)c2)c(F)c1F. The molecule has 0 atom stereocenters. The normalized spacial score (nSPS) is 11.2. The zero-order valence-electron chi connectivity index (χ0n) is 10.0. The largest absolute Gasteiger partial charge is 0.275 e. The van der Waals surface area contributed by atoms with Crippen LogP contribution < -0.4 is 0 Å². The predicted molar refractivity (Wildman–Crippen MR) is 62.6 cm³/mol. The molecule has 0 saturated heterocycles. The maximum absolute atomic E-state index is 13.9. The molecule has 1 aromatic heterocycles. The van der Waals surface area contributed by atoms with E-state index in [1.54, 1.807) is 30.1 Å². The molecule has 0 unspecified atom stereocenters. The summed E-state index contributed by atoms with van der Waals surface area (Å²) in [7, 11) is 1.74. The second kappa shape index (κ2) is 4.28. The average Bonchev–Trinajstić information content (AvgIpc) is 2.68. The maximum atomic E-state index is 13.9. The maximum Gasteiger partial charge on any atom is 0.167 e. The summed E-state index contributed by atoms with van der Waals surface area (Å²) in [6.07, 6.45) is 3.18. The van der Waals surface area contributed by atoms with Crippen molar-refractivity contribution in [2.45, 2.75) is 19.8 Å². The molecule has 1 heterocycles. The van der Waals surface area contributed by atoms with Gasteiger partial charge in [0.25, 0.3) is 0 Å². The monoisotopic (exact) mass is 236 g/mol. The Morgan fingerprint density at radius 3 is 2.41 bits per heavy atom. The first-order valence-corrected chi connectivity index (χ1v) is 5.47. The van der Waals surface area contributed by atoms with Gasteiger partial charge in [-0.3, -0.25) is 4.68 Å². The molecule has 17 heavy (non-hydrogen) atoms. The molecule has 0 radical (unpaired) electrons. The van der Waals surface area contributed by atoms with Crippen LogP contribution in [0.4, 0.5) is 8.78 Å². The van der Waals surface area contributed by atoms with Gasteiger partial charge in [-0.15, -0.1) is 0 Å². The van der Waals surface area contributed by atoms with Crippen LogP contribution in [0.5, 0.6) is 0 Å². The van der Waals surface area contributed by atoms with Crippen molar-refractivity contribution in [3.63, 3.8) is 0 Å². The fourth-order valence-corrected chi connectivity index (χ4v) is 1.79.